The van der Waals surface area contributed by atoms with Crippen LogP contribution in [0, 0.1) is 0 Å². The Hall–Kier alpha value is -0.210. The third-order valence-electron chi connectivity index (χ3n) is 4.86. The third-order valence-corrected chi connectivity index (χ3v) is 6.15. The van der Waals surface area contributed by atoms with Crippen LogP contribution < -0.4 is 5.32 Å². The molecule has 0 bridgehead atoms. The van der Waals surface area contributed by atoms with E-state index < -0.39 is 10.1 Å². The molecule has 0 aliphatic heterocycles. The zero-order chi connectivity index (χ0) is 19.3. The molecule has 0 saturated carbocycles. The van der Waals surface area contributed by atoms with Gasteiger partial charge in [-0.05, 0) is 59.3 Å². The van der Waals surface area contributed by atoms with Gasteiger partial charge >= 0.3 is 0 Å². The van der Waals surface area contributed by atoms with Gasteiger partial charge in [-0.2, -0.15) is 8.42 Å². The second kappa shape index (κ2) is 13.9. The predicted octanol–water partition coefficient (Wildman–Crippen LogP) is 2.16. The molecule has 0 fully saturated rings. The molecule has 2 atom stereocenters. The maximum Gasteiger partial charge on any atom is 0.267 e. The molecular formula is C18H41N3O3S. The van der Waals surface area contributed by atoms with Crippen LogP contribution in [-0.2, 0) is 14.3 Å². The van der Waals surface area contributed by atoms with Gasteiger partial charge in [-0.3, -0.25) is 14.0 Å². The minimum absolute atomic E-state index is 0.0745. The largest absolute Gasteiger partial charge is 0.315 e. The van der Waals surface area contributed by atoms with Crippen LogP contribution in [-0.4, -0.2) is 82.4 Å². The Morgan fingerprint density at radius 1 is 0.920 bits per heavy atom. The number of hydrogen-bond donors (Lipinski definition) is 1. The van der Waals surface area contributed by atoms with Gasteiger partial charge in [0, 0.05) is 25.2 Å². The van der Waals surface area contributed by atoms with Crippen molar-refractivity contribution in [1.82, 2.24) is 15.1 Å². The molecule has 0 spiro atoms. The molecule has 0 aliphatic carbocycles. The van der Waals surface area contributed by atoms with Gasteiger partial charge in [0.15, 0.2) is 0 Å². The van der Waals surface area contributed by atoms with Crippen LogP contribution in [0.25, 0.3) is 0 Å². The van der Waals surface area contributed by atoms with E-state index in [0.29, 0.717) is 25.0 Å². The Labute approximate surface area is 156 Å². The van der Waals surface area contributed by atoms with E-state index in [2.05, 4.69) is 53.9 Å². The summed E-state index contributed by atoms with van der Waals surface area (Å²) in [5, 5.41) is 3.36. The quantitative estimate of drug-likeness (QED) is 0.328. The molecule has 7 heteroatoms. The molecule has 0 radical (unpaired) electrons. The number of likely N-dealkylation sites (N-methyl/N-ethyl adjacent to an activating group) is 1. The van der Waals surface area contributed by atoms with Crippen molar-refractivity contribution in [1.29, 1.82) is 0 Å². The molecule has 0 aromatic heterocycles. The van der Waals surface area contributed by atoms with Crippen LogP contribution in [0.4, 0.5) is 0 Å². The number of hydrogen-bond acceptors (Lipinski definition) is 6. The Morgan fingerprint density at radius 2 is 1.48 bits per heavy atom. The summed E-state index contributed by atoms with van der Waals surface area (Å²) in [7, 11) is -2.12. The van der Waals surface area contributed by atoms with Gasteiger partial charge in [-0.25, -0.2) is 0 Å². The highest BCUT2D eigenvalue weighted by molar-refractivity contribution is 7.86. The molecule has 0 aliphatic rings. The van der Waals surface area contributed by atoms with E-state index in [-0.39, 0.29) is 5.75 Å². The van der Waals surface area contributed by atoms with E-state index in [4.69, 9.17) is 0 Å². The van der Waals surface area contributed by atoms with Crippen molar-refractivity contribution in [3.8, 4) is 0 Å². The molecule has 0 aromatic rings. The Balaban J connectivity index is 4.31. The van der Waals surface area contributed by atoms with Gasteiger partial charge in [0.25, 0.3) is 10.1 Å². The van der Waals surface area contributed by atoms with Gasteiger partial charge < -0.3 is 5.32 Å². The van der Waals surface area contributed by atoms with Crippen LogP contribution in [0.2, 0.25) is 0 Å². The smallest absolute Gasteiger partial charge is 0.267 e. The molecule has 0 amide bonds. The fourth-order valence-electron chi connectivity index (χ4n) is 3.16. The van der Waals surface area contributed by atoms with Crippen molar-refractivity contribution in [3.63, 3.8) is 0 Å². The minimum Gasteiger partial charge on any atom is -0.315 e. The van der Waals surface area contributed by atoms with Crippen molar-refractivity contribution in [2.45, 2.75) is 66.0 Å². The van der Waals surface area contributed by atoms with Crippen molar-refractivity contribution in [3.05, 3.63) is 0 Å². The summed E-state index contributed by atoms with van der Waals surface area (Å²) in [5.74, 6) is 0.0745. The van der Waals surface area contributed by atoms with Gasteiger partial charge in [0.1, 0.15) is 0 Å². The number of nitrogens with one attached hydrogen (secondary N) is 1. The third kappa shape index (κ3) is 10.5. The van der Waals surface area contributed by atoms with E-state index in [0.717, 1.165) is 39.1 Å². The van der Waals surface area contributed by atoms with Gasteiger partial charge in [-0.1, -0.05) is 20.8 Å². The van der Waals surface area contributed by atoms with Crippen LogP contribution in [0.1, 0.15) is 53.9 Å². The molecular weight excluding hydrogens is 338 g/mol. The average Bonchev–Trinajstić information content (AvgIpc) is 2.60. The van der Waals surface area contributed by atoms with Crippen LogP contribution in [0.3, 0.4) is 0 Å². The number of nitrogens with zero attached hydrogens (tertiary/aromatic N) is 2. The van der Waals surface area contributed by atoms with Gasteiger partial charge in [0.05, 0.1) is 12.9 Å². The molecule has 152 valence electrons. The molecule has 6 nitrogen and oxygen atoms in total. The fourth-order valence-corrected chi connectivity index (χ4v) is 3.82. The average molecular weight is 380 g/mol. The fraction of sp³-hybridized carbons (Fsp3) is 1.00. The summed E-state index contributed by atoms with van der Waals surface area (Å²) in [6, 6.07) is 1.03. The first-order valence-electron chi connectivity index (χ1n) is 9.79. The maximum atomic E-state index is 11.3. The Bertz CT molecular complexity index is 418. The molecule has 2 unspecified atom stereocenters. The summed E-state index contributed by atoms with van der Waals surface area (Å²) in [4.78, 5) is 5.10. The maximum absolute atomic E-state index is 11.3. The van der Waals surface area contributed by atoms with Crippen molar-refractivity contribution in [2.75, 3.05) is 52.1 Å². The van der Waals surface area contributed by atoms with Crippen molar-refractivity contribution >= 4 is 10.1 Å². The summed E-state index contributed by atoms with van der Waals surface area (Å²) < 4.78 is 27.0. The standard InChI is InChI=1S/C18H41N3O3S/c1-7-13-20(9-3)17(4)18(5)21(14-8-2)15-12-19-11-10-16-25(22,23)24-6/h17-19H,7-16H2,1-6H3. The van der Waals surface area contributed by atoms with E-state index in [1.54, 1.807) is 0 Å². The highest BCUT2D eigenvalue weighted by Crippen LogP contribution is 2.12. The summed E-state index contributed by atoms with van der Waals surface area (Å²) in [6.07, 6.45) is 2.91. The van der Waals surface area contributed by atoms with Gasteiger partial charge in [-0.15, -0.1) is 0 Å². The summed E-state index contributed by atoms with van der Waals surface area (Å²) >= 11 is 0. The zero-order valence-corrected chi connectivity index (χ0v) is 18.1. The lowest BCUT2D eigenvalue weighted by molar-refractivity contribution is 0.0994. The lowest BCUT2D eigenvalue weighted by Crippen LogP contribution is -2.50. The summed E-state index contributed by atoms with van der Waals surface area (Å²) in [5.41, 5.74) is 0. The lowest BCUT2D eigenvalue weighted by atomic mass is 10.1. The van der Waals surface area contributed by atoms with Crippen molar-refractivity contribution in [2.24, 2.45) is 0 Å². The monoisotopic (exact) mass is 379 g/mol. The van der Waals surface area contributed by atoms with Crippen LogP contribution in [0.15, 0.2) is 0 Å². The first-order valence-corrected chi connectivity index (χ1v) is 11.4. The van der Waals surface area contributed by atoms with E-state index in [1.165, 1.54) is 13.5 Å². The highest BCUT2D eigenvalue weighted by Gasteiger charge is 2.23. The second-order valence-electron chi connectivity index (χ2n) is 6.68. The second-order valence-corrected chi connectivity index (χ2v) is 8.53. The van der Waals surface area contributed by atoms with E-state index >= 15 is 0 Å². The predicted molar refractivity (Wildman–Crippen MR) is 107 cm³/mol. The Morgan fingerprint density at radius 3 is 2.00 bits per heavy atom. The molecule has 25 heavy (non-hydrogen) atoms. The SMILES string of the molecule is CCCN(CC)C(C)C(C)N(CCC)CCNCCCS(=O)(=O)OC. The zero-order valence-electron chi connectivity index (χ0n) is 17.3. The summed E-state index contributed by atoms with van der Waals surface area (Å²) in [6.45, 7) is 17.2. The van der Waals surface area contributed by atoms with Crippen molar-refractivity contribution < 1.29 is 12.6 Å². The lowest BCUT2D eigenvalue weighted by Gasteiger charge is -2.39. The van der Waals surface area contributed by atoms with E-state index in [1.807, 2.05) is 0 Å². The Kier molecular flexibility index (Phi) is 13.8. The van der Waals surface area contributed by atoms with Crippen LogP contribution >= 0.6 is 0 Å². The van der Waals surface area contributed by atoms with Gasteiger partial charge in [0.2, 0.25) is 0 Å². The highest BCUT2D eigenvalue weighted by atomic mass is 32.2. The van der Waals surface area contributed by atoms with Crippen LogP contribution in [0.5, 0.6) is 0 Å². The first kappa shape index (κ1) is 24.8. The minimum atomic E-state index is -3.33. The molecule has 1 N–H and O–H groups in total. The normalized spacial score (nSPS) is 15.0. The molecule has 0 rings (SSSR count). The number of rotatable bonds is 16. The molecule has 0 saturated heterocycles. The first-order chi connectivity index (χ1) is 11.8. The molecule has 0 heterocycles. The van der Waals surface area contributed by atoms with E-state index in [9.17, 15) is 8.42 Å². The topological polar surface area (TPSA) is 61.9 Å². The molecule has 0 aromatic carbocycles.